The van der Waals surface area contributed by atoms with Crippen molar-refractivity contribution < 1.29 is 14.7 Å². The second kappa shape index (κ2) is 16.8. The zero-order chi connectivity index (χ0) is 20.3. The Morgan fingerprint density at radius 2 is 1.64 bits per heavy atom. The number of hydrogen-bond donors (Lipinski definition) is 1. The Morgan fingerprint density at radius 3 is 2.25 bits per heavy atom. The molecule has 0 saturated heterocycles. The van der Waals surface area contributed by atoms with Gasteiger partial charge in [-0.1, -0.05) is 63.1 Å². The Bertz CT molecular complexity index is 618. The van der Waals surface area contributed by atoms with Crippen LogP contribution in [-0.2, 0) is 4.79 Å². The molecule has 0 aliphatic heterocycles. The molecule has 0 radical (unpaired) electrons. The van der Waals surface area contributed by atoms with Gasteiger partial charge >= 0.3 is 5.97 Å². The number of pyridine rings is 1. The molecular weight excluding hydrogens is 352 g/mol. The molecule has 0 atom stereocenters. The van der Waals surface area contributed by atoms with Crippen molar-refractivity contribution in [3.63, 3.8) is 0 Å². The van der Waals surface area contributed by atoms with Gasteiger partial charge in [0.25, 0.3) is 0 Å². The summed E-state index contributed by atoms with van der Waals surface area (Å²) in [4.78, 5) is 15.9. The second-order valence-corrected chi connectivity index (χ2v) is 6.89. The topological polar surface area (TPSA) is 71.8 Å². The van der Waals surface area contributed by atoms with E-state index < -0.39 is 5.97 Å². The van der Waals surface area contributed by atoms with E-state index in [-0.39, 0.29) is 11.6 Å². The summed E-state index contributed by atoms with van der Waals surface area (Å²) in [6.45, 7) is 2.16. The zero-order valence-electron chi connectivity index (χ0n) is 17.2. The Morgan fingerprint density at radius 1 is 1.00 bits per heavy atom. The van der Waals surface area contributed by atoms with Crippen LogP contribution < -0.4 is 4.74 Å². The normalized spacial score (nSPS) is 11.0. The lowest BCUT2D eigenvalue weighted by atomic mass is 10.0. The predicted molar refractivity (Wildman–Crippen MR) is 113 cm³/mol. The first kappa shape index (κ1) is 23.7. The molecule has 28 heavy (non-hydrogen) atoms. The van der Waals surface area contributed by atoms with Gasteiger partial charge in [-0.2, -0.15) is 0 Å². The number of rotatable bonds is 14. The van der Waals surface area contributed by atoms with Crippen molar-refractivity contribution in [3.05, 3.63) is 24.4 Å². The van der Waals surface area contributed by atoms with E-state index in [0.717, 1.165) is 38.5 Å². The highest BCUT2D eigenvalue weighted by molar-refractivity contribution is 6.36. The molecule has 0 aliphatic carbocycles. The standard InChI is InChI=1S/C23H34N2O3/c1-2-3-4-5-6-7-8-9-10-11-12-13-14-15-18-21(25-27)23(26)28-22-19-16-17-20-24-22/h16-17,19-20,27H,2-3,6-15,18H2,1H3/b25-21+. The minimum Gasteiger partial charge on any atom is -0.410 e. The smallest absolute Gasteiger partial charge is 0.362 e. The van der Waals surface area contributed by atoms with Crippen molar-refractivity contribution in [1.82, 2.24) is 4.98 Å². The van der Waals surface area contributed by atoms with Crippen molar-refractivity contribution in [1.29, 1.82) is 0 Å². The first-order valence-electron chi connectivity index (χ1n) is 10.6. The Labute approximate surface area is 169 Å². The van der Waals surface area contributed by atoms with E-state index in [1.54, 1.807) is 24.4 Å². The molecule has 1 aromatic rings. The summed E-state index contributed by atoms with van der Waals surface area (Å²) < 4.78 is 5.09. The Balaban J connectivity index is 1.98. The van der Waals surface area contributed by atoms with Crippen LogP contribution in [-0.4, -0.2) is 21.9 Å². The van der Waals surface area contributed by atoms with Gasteiger partial charge in [0.15, 0.2) is 5.71 Å². The van der Waals surface area contributed by atoms with Gasteiger partial charge in [0, 0.05) is 31.5 Å². The van der Waals surface area contributed by atoms with Gasteiger partial charge < -0.3 is 9.94 Å². The summed E-state index contributed by atoms with van der Waals surface area (Å²) in [6, 6.07) is 5.06. The van der Waals surface area contributed by atoms with Crippen LogP contribution in [0.2, 0.25) is 0 Å². The van der Waals surface area contributed by atoms with E-state index in [4.69, 9.17) is 9.94 Å². The second-order valence-electron chi connectivity index (χ2n) is 6.89. The number of unbranched alkanes of at least 4 members (excludes halogenated alkanes) is 10. The molecule has 0 unspecified atom stereocenters. The molecule has 1 heterocycles. The lowest BCUT2D eigenvalue weighted by molar-refractivity contribution is -0.127. The van der Waals surface area contributed by atoms with Crippen molar-refractivity contribution >= 4 is 11.7 Å². The lowest BCUT2D eigenvalue weighted by Gasteiger charge is -2.05. The Kier molecular flexibility index (Phi) is 14.2. The van der Waals surface area contributed by atoms with Gasteiger partial charge in [0.1, 0.15) is 0 Å². The van der Waals surface area contributed by atoms with Crippen LogP contribution in [0.15, 0.2) is 29.6 Å². The SMILES string of the molecule is CCCC#CCCCCCCCCCCC/C(=N\O)C(=O)Oc1ccccn1. The molecule has 1 aromatic heterocycles. The fraction of sp³-hybridized carbons (Fsp3) is 0.609. The number of carbonyl (C=O) groups is 1. The number of esters is 1. The van der Waals surface area contributed by atoms with E-state index in [1.807, 2.05) is 0 Å². The van der Waals surface area contributed by atoms with Gasteiger partial charge in [-0.3, -0.25) is 0 Å². The minimum absolute atomic E-state index is 0.0488. The average Bonchev–Trinajstić information content (AvgIpc) is 2.71. The highest BCUT2D eigenvalue weighted by atomic mass is 16.5. The summed E-state index contributed by atoms with van der Waals surface area (Å²) in [5.74, 6) is 6.00. The zero-order valence-corrected chi connectivity index (χ0v) is 17.2. The molecule has 0 aromatic carbocycles. The van der Waals surface area contributed by atoms with Crippen molar-refractivity contribution in [3.8, 4) is 17.7 Å². The maximum Gasteiger partial charge on any atom is 0.362 e. The molecule has 0 fully saturated rings. The summed E-state index contributed by atoms with van der Waals surface area (Å²) in [6.07, 6.45) is 15.7. The number of nitrogens with zero attached hydrogens (tertiary/aromatic N) is 2. The first-order chi connectivity index (χ1) is 13.8. The Hall–Kier alpha value is -2.35. The third-order valence-corrected chi connectivity index (χ3v) is 4.41. The molecule has 5 heteroatoms. The lowest BCUT2D eigenvalue weighted by Crippen LogP contribution is -2.21. The first-order valence-corrected chi connectivity index (χ1v) is 10.6. The van der Waals surface area contributed by atoms with E-state index in [9.17, 15) is 4.79 Å². The quantitative estimate of drug-likeness (QED) is 0.108. The highest BCUT2D eigenvalue weighted by Crippen LogP contribution is 2.12. The molecule has 0 spiro atoms. The number of hydrogen-bond acceptors (Lipinski definition) is 5. The summed E-state index contributed by atoms with van der Waals surface area (Å²) in [5, 5.41) is 12.1. The van der Waals surface area contributed by atoms with E-state index >= 15 is 0 Å². The fourth-order valence-corrected chi connectivity index (χ4v) is 2.80. The number of carbonyl (C=O) groups excluding carboxylic acids is 1. The van der Waals surface area contributed by atoms with Crippen LogP contribution >= 0.6 is 0 Å². The number of oxime groups is 1. The third kappa shape index (κ3) is 12.1. The van der Waals surface area contributed by atoms with Crippen LogP contribution in [0.4, 0.5) is 0 Å². The van der Waals surface area contributed by atoms with Crippen molar-refractivity contribution in [2.24, 2.45) is 5.16 Å². The van der Waals surface area contributed by atoms with Crippen molar-refractivity contribution in [2.75, 3.05) is 0 Å². The maximum absolute atomic E-state index is 11.9. The van der Waals surface area contributed by atoms with Gasteiger partial charge in [0.2, 0.25) is 5.88 Å². The number of aromatic nitrogens is 1. The van der Waals surface area contributed by atoms with Crippen LogP contribution in [0.25, 0.3) is 0 Å². The molecule has 0 bridgehead atoms. The van der Waals surface area contributed by atoms with E-state index in [2.05, 4.69) is 28.9 Å². The molecule has 154 valence electrons. The fourth-order valence-electron chi connectivity index (χ4n) is 2.80. The van der Waals surface area contributed by atoms with Gasteiger partial charge in [-0.25, -0.2) is 9.78 Å². The van der Waals surface area contributed by atoms with Gasteiger partial charge in [-0.05, 0) is 25.3 Å². The maximum atomic E-state index is 11.9. The monoisotopic (exact) mass is 386 g/mol. The van der Waals surface area contributed by atoms with Crippen molar-refractivity contribution in [2.45, 2.75) is 90.4 Å². The van der Waals surface area contributed by atoms with Gasteiger partial charge in [-0.15, -0.1) is 11.8 Å². The van der Waals surface area contributed by atoms with E-state index in [0.29, 0.717) is 6.42 Å². The summed E-state index contributed by atoms with van der Waals surface area (Å²) in [5.41, 5.74) is 0.0488. The molecule has 0 aliphatic rings. The van der Waals surface area contributed by atoms with E-state index in [1.165, 1.54) is 38.5 Å². The van der Waals surface area contributed by atoms with Crippen LogP contribution in [0.5, 0.6) is 5.88 Å². The van der Waals surface area contributed by atoms with Crippen LogP contribution in [0.3, 0.4) is 0 Å². The molecular formula is C23H34N2O3. The molecule has 1 rings (SSSR count). The third-order valence-electron chi connectivity index (χ3n) is 4.41. The van der Waals surface area contributed by atoms with Crippen LogP contribution in [0, 0.1) is 11.8 Å². The average molecular weight is 387 g/mol. The summed E-state index contributed by atoms with van der Waals surface area (Å²) in [7, 11) is 0. The number of ether oxygens (including phenoxy) is 1. The molecule has 0 amide bonds. The van der Waals surface area contributed by atoms with Gasteiger partial charge in [0.05, 0.1) is 0 Å². The molecule has 5 nitrogen and oxygen atoms in total. The van der Waals surface area contributed by atoms with Crippen LogP contribution in [0.1, 0.15) is 90.4 Å². The molecule has 1 N–H and O–H groups in total. The minimum atomic E-state index is -0.638. The highest BCUT2D eigenvalue weighted by Gasteiger charge is 2.15. The largest absolute Gasteiger partial charge is 0.410 e. The predicted octanol–water partition coefficient (Wildman–Crippen LogP) is 5.91. The summed E-state index contributed by atoms with van der Waals surface area (Å²) >= 11 is 0. The molecule has 0 saturated carbocycles.